The van der Waals surface area contributed by atoms with E-state index in [-0.39, 0.29) is 23.6 Å². The fourth-order valence-electron chi connectivity index (χ4n) is 5.48. The second kappa shape index (κ2) is 10.4. The van der Waals surface area contributed by atoms with Crippen LogP contribution < -0.4 is 10.4 Å². The molecule has 0 spiro atoms. The maximum absolute atomic E-state index is 13.3. The topological polar surface area (TPSA) is 107 Å². The van der Waals surface area contributed by atoms with Crippen LogP contribution in [0.15, 0.2) is 60.7 Å². The van der Waals surface area contributed by atoms with Crippen molar-refractivity contribution in [3.05, 3.63) is 82.9 Å². The van der Waals surface area contributed by atoms with E-state index in [4.69, 9.17) is 4.74 Å². The van der Waals surface area contributed by atoms with Crippen LogP contribution in [0.4, 0.5) is 14.4 Å². The zero-order valence-corrected chi connectivity index (χ0v) is 21.7. The van der Waals surface area contributed by atoms with Crippen molar-refractivity contribution in [3.8, 4) is 11.1 Å². The maximum atomic E-state index is 13.3. The molecule has 1 amide bonds. The molecule has 8 nitrogen and oxygen atoms in total. The van der Waals surface area contributed by atoms with Crippen LogP contribution in [0.2, 0.25) is 0 Å². The molecule has 5 rings (SSSR count). The van der Waals surface area contributed by atoms with E-state index in [1.54, 1.807) is 17.9 Å². The summed E-state index contributed by atoms with van der Waals surface area (Å²) in [4.78, 5) is 16.5. The number of nitrogens with zero attached hydrogens (tertiary/aromatic N) is 2. The van der Waals surface area contributed by atoms with Gasteiger partial charge in [0, 0.05) is 37.8 Å². The van der Waals surface area contributed by atoms with Crippen molar-refractivity contribution in [2.24, 2.45) is 0 Å². The molecule has 0 unspecified atom stereocenters. The number of halogens is 1. The Hall–Kier alpha value is -3.41. The molecule has 0 bridgehead atoms. The third kappa shape index (κ3) is 5.27. The third-order valence-corrected chi connectivity index (χ3v) is 7.99. The molecular weight excluding hydrogens is 510 g/mol. The minimum atomic E-state index is -4.80. The zero-order valence-electron chi connectivity index (χ0n) is 20.9. The van der Waals surface area contributed by atoms with Gasteiger partial charge in [0.1, 0.15) is 12.4 Å². The number of carbonyl (C=O) groups excluding carboxylic acids is 1. The Morgan fingerprint density at radius 3 is 2.13 bits per heavy atom. The van der Waals surface area contributed by atoms with Gasteiger partial charge in [-0.15, -0.1) is 3.89 Å². The summed E-state index contributed by atoms with van der Waals surface area (Å²) in [5, 5.41) is 19.5. The molecule has 2 aliphatic rings. The summed E-state index contributed by atoms with van der Waals surface area (Å²) in [6.45, 7) is 3.46. The Labute approximate surface area is 221 Å². The molecule has 38 heavy (non-hydrogen) atoms. The maximum Gasteiger partial charge on any atom is 0.488 e. The lowest BCUT2D eigenvalue weighted by atomic mass is 9.76. The van der Waals surface area contributed by atoms with Crippen LogP contribution >= 0.6 is 0 Å². The number of ether oxygens (including phenoxy) is 1. The van der Waals surface area contributed by atoms with Gasteiger partial charge < -0.3 is 24.6 Å². The predicted molar refractivity (Wildman–Crippen MR) is 144 cm³/mol. The van der Waals surface area contributed by atoms with E-state index in [2.05, 4.69) is 24.3 Å². The molecule has 198 valence electrons. The summed E-state index contributed by atoms with van der Waals surface area (Å²) in [7, 11) is -6.64. The Kier molecular flexibility index (Phi) is 7.17. The normalized spacial score (nSPS) is 15.3. The Morgan fingerprint density at radius 1 is 1.00 bits per heavy atom. The van der Waals surface area contributed by atoms with Crippen LogP contribution in [0.25, 0.3) is 11.1 Å². The van der Waals surface area contributed by atoms with Gasteiger partial charge in [0.15, 0.2) is 0 Å². The van der Waals surface area contributed by atoms with Crippen molar-refractivity contribution in [1.29, 1.82) is 0 Å². The highest BCUT2D eigenvalue weighted by Gasteiger charge is 2.31. The summed E-state index contributed by atoms with van der Waals surface area (Å²) >= 11 is 0. The van der Waals surface area contributed by atoms with Crippen molar-refractivity contribution in [1.82, 2.24) is 4.90 Å². The van der Waals surface area contributed by atoms with Crippen LogP contribution in [-0.2, 0) is 20.7 Å². The lowest BCUT2D eigenvalue weighted by Crippen LogP contribution is -2.49. The Bertz CT molecular complexity index is 1430. The number of hydrogen-bond acceptors (Lipinski definition) is 7. The highest BCUT2D eigenvalue weighted by atomic mass is 32.3. The molecule has 0 radical (unpaired) electrons. The molecule has 1 aliphatic heterocycles. The van der Waals surface area contributed by atoms with Gasteiger partial charge in [-0.2, -0.15) is 8.42 Å². The minimum absolute atomic E-state index is 0.0341. The second-order valence-electron chi connectivity index (χ2n) is 9.66. The van der Waals surface area contributed by atoms with Gasteiger partial charge in [-0.05, 0) is 51.8 Å². The molecule has 2 N–H and O–H groups in total. The fourth-order valence-corrected chi connectivity index (χ4v) is 6.04. The smallest absolute Gasteiger partial charge is 0.448 e. The quantitative estimate of drug-likeness (QED) is 0.367. The number of fused-ring (bicyclic) bond motifs is 3. The van der Waals surface area contributed by atoms with Crippen molar-refractivity contribution in [3.63, 3.8) is 0 Å². The van der Waals surface area contributed by atoms with Gasteiger partial charge in [0.05, 0.1) is 0 Å². The minimum Gasteiger partial charge on any atom is -0.448 e. The first-order chi connectivity index (χ1) is 18.1. The van der Waals surface area contributed by atoms with E-state index in [1.807, 2.05) is 29.2 Å². The summed E-state index contributed by atoms with van der Waals surface area (Å²) < 4.78 is 41.5. The van der Waals surface area contributed by atoms with Crippen molar-refractivity contribution >= 4 is 34.6 Å². The third-order valence-electron chi connectivity index (χ3n) is 7.31. The van der Waals surface area contributed by atoms with Gasteiger partial charge in [0.25, 0.3) is 0 Å². The largest absolute Gasteiger partial charge is 0.488 e. The van der Waals surface area contributed by atoms with Crippen molar-refractivity contribution in [2.45, 2.75) is 18.6 Å². The first-order valence-corrected chi connectivity index (χ1v) is 13.9. The molecule has 3 aromatic rings. The van der Waals surface area contributed by atoms with E-state index >= 15 is 0 Å². The average molecular weight is 538 g/mol. The zero-order chi connectivity index (χ0) is 27.0. The standard InChI is InChI=1S/C27H28BFN2O6S/c1-18-25(28(33)34)14-19(17-38(29,35)36)15-26(18)30-10-12-31(13-11-30)27(32)37-16-24-22-8-4-2-6-20(22)21-7-3-5-9-23(21)24/h2-9,14-15,24,33-34H,10-13,16-17H2,1H3. The van der Waals surface area contributed by atoms with Crippen molar-refractivity contribution < 1.29 is 31.9 Å². The fraction of sp³-hybridized carbons (Fsp3) is 0.296. The van der Waals surface area contributed by atoms with Crippen LogP contribution in [-0.4, -0.2) is 69.4 Å². The van der Waals surface area contributed by atoms with Gasteiger partial charge in [-0.1, -0.05) is 54.6 Å². The number of carbonyl (C=O) groups is 1. The van der Waals surface area contributed by atoms with Crippen LogP contribution in [0.3, 0.4) is 0 Å². The predicted octanol–water partition coefficient (Wildman–Crippen LogP) is 2.55. The monoisotopic (exact) mass is 538 g/mol. The van der Waals surface area contributed by atoms with Crippen molar-refractivity contribution in [2.75, 3.05) is 37.7 Å². The first-order valence-electron chi connectivity index (χ1n) is 12.4. The van der Waals surface area contributed by atoms with Crippen LogP contribution in [0, 0.1) is 6.92 Å². The van der Waals surface area contributed by atoms with E-state index in [9.17, 15) is 27.1 Å². The average Bonchev–Trinajstić information content (AvgIpc) is 3.21. The molecule has 1 aliphatic carbocycles. The molecule has 0 saturated carbocycles. The highest BCUT2D eigenvalue weighted by molar-refractivity contribution is 7.85. The SMILES string of the molecule is Cc1c(B(O)O)cc(CS(=O)(=O)F)cc1N1CCN(C(=O)OCC2c3ccccc3-c3ccccc32)CC1. The summed E-state index contributed by atoms with van der Waals surface area (Å²) in [6.07, 6.45) is -0.410. The lowest BCUT2D eigenvalue weighted by Gasteiger charge is -2.37. The van der Waals surface area contributed by atoms with Gasteiger partial charge in [0.2, 0.25) is 0 Å². The lowest BCUT2D eigenvalue weighted by molar-refractivity contribution is 0.0977. The number of benzene rings is 3. The molecule has 1 saturated heterocycles. The summed E-state index contributed by atoms with van der Waals surface area (Å²) in [5.41, 5.74) is 5.94. The summed E-state index contributed by atoms with van der Waals surface area (Å²) in [5.74, 6) is -0.896. The first kappa shape index (κ1) is 26.2. The van der Waals surface area contributed by atoms with Gasteiger partial charge in [-0.25, -0.2) is 4.79 Å². The molecule has 0 atom stereocenters. The van der Waals surface area contributed by atoms with Crippen LogP contribution in [0.5, 0.6) is 0 Å². The van der Waals surface area contributed by atoms with Crippen LogP contribution in [0.1, 0.15) is 28.2 Å². The van der Waals surface area contributed by atoms with Gasteiger partial charge in [-0.3, -0.25) is 0 Å². The molecule has 1 heterocycles. The Morgan fingerprint density at radius 2 is 1.58 bits per heavy atom. The number of hydrogen-bond donors (Lipinski definition) is 2. The molecule has 11 heteroatoms. The number of piperazine rings is 1. The number of anilines is 1. The molecular formula is C27H28BFN2O6S. The van der Waals surface area contributed by atoms with E-state index in [0.717, 1.165) is 22.3 Å². The highest BCUT2D eigenvalue weighted by Crippen LogP contribution is 2.44. The van der Waals surface area contributed by atoms with Gasteiger partial charge >= 0.3 is 23.4 Å². The molecule has 3 aromatic carbocycles. The second-order valence-corrected chi connectivity index (χ2v) is 11.0. The molecule has 0 aromatic heterocycles. The summed E-state index contributed by atoms with van der Waals surface area (Å²) in [6, 6.07) is 19.1. The van der Waals surface area contributed by atoms with E-state index in [1.165, 1.54) is 6.07 Å². The van der Waals surface area contributed by atoms with E-state index in [0.29, 0.717) is 37.4 Å². The number of rotatable bonds is 6. The van der Waals surface area contributed by atoms with E-state index < -0.39 is 29.2 Å². The molecule has 1 fully saturated rings. The number of amides is 1. The Balaban J connectivity index is 1.25.